The normalized spacial score (nSPS) is 17.8. The summed E-state index contributed by atoms with van der Waals surface area (Å²) in [6, 6.07) is 5.19. The van der Waals surface area contributed by atoms with Crippen molar-refractivity contribution in [1.29, 1.82) is 5.26 Å². The number of piperidine rings is 1. The Morgan fingerprint density at radius 2 is 2.29 bits per heavy atom. The number of hydrogen-bond donors (Lipinski definition) is 1. The predicted octanol–water partition coefficient (Wildman–Crippen LogP) is 2.91. The predicted molar refractivity (Wildman–Crippen MR) is 108 cm³/mol. The molecule has 9 heteroatoms. The lowest BCUT2D eigenvalue weighted by Crippen LogP contribution is -2.46. The van der Waals surface area contributed by atoms with Crippen molar-refractivity contribution < 1.29 is 13.5 Å². The number of ether oxygens (including phenoxy) is 1. The summed E-state index contributed by atoms with van der Waals surface area (Å²) in [5.41, 5.74) is 7.87. The maximum atomic E-state index is 12.9. The third kappa shape index (κ3) is 6.55. The Balaban J connectivity index is 1.92. The highest BCUT2D eigenvalue weighted by molar-refractivity contribution is 8.15. The topological polar surface area (TPSA) is 87.5 Å². The molecule has 1 fully saturated rings. The first kappa shape index (κ1) is 22.3. The molecule has 1 aliphatic heterocycles. The third-order valence-electron chi connectivity index (χ3n) is 4.57. The van der Waals surface area contributed by atoms with E-state index in [4.69, 9.17) is 15.7 Å². The minimum Gasteiger partial charge on any atom is -0.476 e. The summed E-state index contributed by atoms with van der Waals surface area (Å²) in [6.07, 6.45) is 1.75. The van der Waals surface area contributed by atoms with E-state index in [9.17, 15) is 8.78 Å². The summed E-state index contributed by atoms with van der Waals surface area (Å²) >= 11 is 1.19. The van der Waals surface area contributed by atoms with Gasteiger partial charge in [0.1, 0.15) is 11.6 Å². The maximum Gasteiger partial charge on any atom is 0.258 e. The van der Waals surface area contributed by atoms with Crippen LogP contribution in [0.25, 0.3) is 0 Å². The van der Waals surface area contributed by atoms with Crippen LogP contribution in [0, 0.1) is 17.2 Å². The van der Waals surface area contributed by atoms with Gasteiger partial charge in [0.25, 0.3) is 6.43 Å². The van der Waals surface area contributed by atoms with Crippen LogP contribution in [0.3, 0.4) is 0 Å². The molecule has 0 amide bonds. The van der Waals surface area contributed by atoms with E-state index in [1.54, 1.807) is 30.9 Å². The summed E-state index contributed by atoms with van der Waals surface area (Å²) in [6.45, 7) is 2.23. The molecule has 0 bridgehead atoms. The lowest BCUT2D eigenvalue weighted by molar-refractivity contribution is 0.120. The lowest BCUT2D eigenvalue weighted by Gasteiger charge is -2.37. The first-order valence-electron chi connectivity index (χ1n) is 9.08. The number of alkyl halides is 2. The van der Waals surface area contributed by atoms with Crippen LogP contribution in [0.4, 0.5) is 8.78 Å². The van der Waals surface area contributed by atoms with Gasteiger partial charge in [0.2, 0.25) is 5.88 Å². The quantitative estimate of drug-likeness (QED) is 0.498. The molecule has 1 atom stereocenters. The standard InChI is InChI=1S/C19H25F2N5OS/c1-24-13-28-17(9-18(20)21)16(11-23)26-7-4-14(5-8-26)12-27-19-15(10-22)3-2-6-25-19/h2-3,6,9,13-14,16,18H,4-5,7-8,11-12,23H2,1H3/b17-9+,24-13?. The number of aromatic nitrogens is 1. The molecule has 1 aromatic heterocycles. The zero-order chi connectivity index (χ0) is 20.4. The van der Waals surface area contributed by atoms with Gasteiger partial charge in [0.15, 0.2) is 0 Å². The molecule has 0 aromatic carbocycles. The second kappa shape index (κ2) is 11.7. The zero-order valence-electron chi connectivity index (χ0n) is 15.8. The van der Waals surface area contributed by atoms with E-state index in [1.807, 2.05) is 0 Å². The van der Waals surface area contributed by atoms with E-state index in [0.717, 1.165) is 32.0 Å². The molecule has 152 valence electrons. The monoisotopic (exact) mass is 409 g/mol. The van der Waals surface area contributed by atoms with Crippen molar-refractivity contribution in [1.82, 2.24) is 9.88 Å². The van der Waals surface area contributed by atoms with Crippen LogP contribution in [0.5, 0.6) is 5.88 Å². The average molecular weight is 410 g/mol. The molecular formula is C19H25F2N5OS. The van der Waals surface area contributed by atoms with E-state index in [1.165, 1.54) is 11.8 Å². The van der Waals surface area contributed by atoms with E-state index in [0.29, 0.717) is 28.9 Å². The van der Waals surface area contributed by atoms with Gasteiger partial charge in [-0.1, -0.05) is 11.8 Å². The highest BCUT2D eigenvalue weighted by atomic mass is 32.2. The number of hydrogen-bond acceptors (Lipinski definition) is 7. The molecule has 1 aliphatic rings. The van der Waals surface area contributed by atoms with Gasteiger partial charge in [-0.2, -0.15) is 5.26 Å². The number of pyridine rings is 1. The first-order valence-corrected chi connectivity index (χ1v) is 9.96. The molecular weight excluding hydrogens is 384 g/mol. The van der Waals surface area contributed by atoms with Crippen molar-refractivity contribution in [2.45, 2.75) is 25.3 Å². The molecule has 2 rings (SSSR count). The Kier molecular flexibility index (Phi) is 9.34. The number of halogens is 2. The number of thioether (sulfide) groups is 1. The largest absolute Gasteiger partial charge is 0.476 e. The number of nitrogens with two attached hydrogens (primary N) is 1. The van der Waals surface area contributed by atoms with Crippen LogP contribution in [-0.2, 0) is 0 Å². The SMILES string of the molecule is CN=CS/C(=C/C(F)F)C(CN)N1CCC(COc2ncccc2C#N)CC1. The van der Waals surface area contributed by atoms with E-state index in [-0.39, 0.29) is 12.6 Å². The van der Waals surface area contributed by atoms with Gasteiger partial charge in [-0.15, -0.1) is 0 Å². The fraction of sp³-hybridized carbons (Fsp3) is 0.526. The van der Waals surface area contributed by atoms with Gasteiger partial charge in [0.05, 0.1) is 18.2 Å². The molecule has 28 heavy (non-hydrogen) atoms. The molecule has 0 aliphatic carbocycles. The van der Waals surface area contributed by atoms with Gasteiger partial charge in [-0.05, 0) is 50.1 Å². The molecule has 1 unspecified atom stereocenters. The van der Waals surface area contributed by atoms with Crippen LogP contribution < -0.4 is 10.5 Å². The van der Waals surface area contributed by atoms with Gasteiger partial charge in [-0.25, -0.2) is 13.8 Å². The highest BCUT2D eigenvalue weighted by Crippen LogP contribution is 2.27. The Morgan fingerprint density at radius 1 is 1.54 bits per heavy atom. The summed E-state index contributed by atoms with van der Waals surface area (Å²) in [7, 11) is 1.61. The van der Waals surface area contributed by atoms with Crippen LogP contribution in [0.15, 0.2) is 34.3 Å². The van der Waals surface area contributed by atoms with Crippen LogP contribution in [-0.4, -0.2) is 61.2 Å². The summed E-state index contributed by atoms with van der Waals surface area (Å²) in [5, 5.41) is 9.10. The Bertz CT molecular complexity index is 715. The fourth-order valence-corrected chi connectivity index (χ4v) is 3.94. The zero-order valence-corrected chi connectivity index (χ0v) is 16.6. The average Bonchev–Trinajstić information content (AvgIpc) is 2.71. The Hall–Kier alpha value is -2.02. The molecule has 1 aromatic rings. The van der Waals surface area contributed by atoms with Gasteiger partial charge < -0.3 is 10.5 Å². The van der Waals surface area contributed by atoms with Crippen molar-refractivity contribution in [2.75, 3.05) is 33.3 Å². The van der Waals surface area contributed by atoms with Crippen LogP contribution >= 0.6 is 11.8 Å². The number of aliphatic imine (C=N–C) groups is 1. The van der Waals surface area contributed by atoms with Crippen molar-refractivity contribution in [3.63, 3.8) is 0 Å². The third-order valence-corrected chi connectivity index (χ3v) is 5.57. The minimum atomic E-state index is -2.53. The van der Waals surface area contributed by atoms with E-state index in [2.05, 4.69) is 20.9 Å². The number of nitriles is 1. The number of allylic oxidation sites excluding steroid dienone is 1. The number of nitrogens with zero attached hydrogens (tertiary/aromatic N) is 4. The summed E-state index contributed by atoms with van der Waals surface area (Å²) in [4.78, 5) is 10.6. The molecule has 2 heterocycles. The molecule has 6 nitrogen and oxygen atoms in total. The smallest absolute Gasteiger partial charge is 0.258 e. The lowest BCUT2D eigenvalue weighted by atomic mass is 9.96. The molecule has 2 N–H and O–H groups in total. The van der Waals surface area contributed by atoms with E-state index < -0.39 is 6.43 Å². The Morgan fingerprint density at radius 3 is 2.89 bits per heavy atom. The minimum absolute atomic E-state index is 0.250. The number of likely N-dealkylation sites (tertiary alicyclic amines) is 1. The van der Waals surface area contributed by atoms with Crippen molar-refractivity contribution in [3.05, 3.63) is 34.9 Å². The summed E-state index contributed by atoms with van der Waals surface area (Å²) < 4.78 is 31.6. The van der Waals surface area contributed by atoms with E-state index >= 15 is 0 Å². The molecule has 1 saturated heterocycles. The van der Waals surface area contributed by atoms with Crippen molar-refractivity contribution in [3.8, 4) is 11.9 Å². The maximum absolute atomic E-state index is 12.9. The van der Waals surface area contributed by atoms with Gasteiger partial charge >= 0.3 is 0 Å². The molecule has 0 saturated carbocycles. The molecule has 0 spiro atoms. The molecule has 0 radical (unpaired) electrons. The van der Waals surface area contributed by atoms with Gasteiger partial charge in [0, 0.05) is 24.7 Å². The van der Waals surface area contributed by atoms with Crippen LogP contribution in [0.2, 0.25) is 0 Å². The Labute approximate surface area is 168 Å². The van der Waals surface area contributed by atoms with Crippen molar-refractivity contribution >= 4 is 17.3 Å². The van der Waals surface area contributed by atoms with Crippen molar-refractivity contribution in [2.24, 2.45) is 16.6 Å². The highest BCUT2D eigenvalue weighted by Gasteiger charge is 2.28. The first-order chi connectivity index (χ1) is 13.6. The second-order valence-corrected chi connectivity index (χ2v) is 7.31. The number of rotatable bonds is 9. The second-order valence-electron chi connectivity index (χ2n) is 6.39. The van der Waals surface area contributed by atoms with Gasteiger partial charge in [-0.3, -0.25) is 9.89 Å². The fourth-order valence-electron chi connectivity index (χ4n) is 3.13. The summed E-state index contributed by atoms with van der Waals surface area (Å²) in [5.74, 6) is 0.667. The van der Waals surface area contributed by atoms with Crippen LogP contribution in [0.1, 0.15) is 18.4 Å².